The van der Waals surface area contributed by atoms with Crippen molar-refractivity contribution in [2.45, 2.75) is 26.3 Å². The fourth-order valence-electron chi connectivity index (χ4n) is 1.95. The third-order valence-electron chi connectivity index (χ3n) is 2.74. The lowest BCUT2D eigenvalue weighted by Crippen LogP contribution is -2.14. The molecule has 6 nitrogen and oxygen atoms in total. The van der Waals surface area contributed by atoms with Gasteiger partial charge >= 0.3 is 0 Å². The van der Waals surface area contributed by atoms with Crippen molar-refractivity contribution >= 4 is 29.3 Å². The molecule has 0 bridgehead atoms. The standard InChI is InChI=1S/C10H15N5OS/c1-3-6-8-9(14(2)13-6)15(10(17)12-8)5-4-7(11)16/h3-5H2,1-2H3,(H2,11,16)(H,12,17). The van der Waals surface area contributed by atoms with Crippen LogP contribution < -0.4 is 5.73 Å². The maximum atomic E-state index is 10.8. The molecular formula is C10H15N5OS. The van der Waals surface area contributed by atoms with Crippen LogP contribution in [0.5, 0.6) is 0 Å². The maximum absolute atomic E-state index is 10.8. The summed E-state index contributed by atoms with van der Waals surface area (Å²) in [5, 5.41) is 4.40. The summed E-state index contributed by atoms with van der Waals surface area (Å²) in [4.78, 5) is 14.0. The molecule has 2 heterocycles. The number of fused-ring (bicyclic) bond motifs is 1. The van der Waals surface area contributed by atoms with Crippen LogP contribution in [0.2, 0.25) is 0 Å². The molecule has 0 aromatic carbocycles. The van der Waals surface area contributed by atoms with Gasteiger partial charge in [0.15, 0.2) is 10.4 Å². The van der Waals surface area contributed by atoms with Crippen LogP contribution in [0.15, 0.2) is 0 Å². The number of imidazole rings is 1. The van der Waals surface area contributed by atoms with Crippen molar-refractivity contribution in [1.29, 1.82) is 0 Å². The molecule has 1 amide bonds. The molecule has 0 atom stereocenters. The number of aromatic nitrogens is 4. The summed E-state index contributed by atoms with van der Waals surface area (Å²) in [6.45, 7) is 2.52. The molecule has 92 valence electrons. The summed E-state index contributed by atoms with van der Waals surface area (Å²) in [5.74, 6) is -0.334. The van der Waals surface area contributed by atoms with E-state index in [0.29, 0.717) is 11.3 Å². The Hall–Kier alpha value is -1.63. The smallest absolute Gasteiger partial charge is 0.219 e. The van der Waals surface area contributed by atoms with Crippen LogP contribution in [-0.4, -0.2) is 25.2 Å². The Morgan fingerprint density at radius 3 is 2.88 bits per heavy atom. The van der Waals surface area contributed by atoms with Crippen LogP contribution in [0.25, 0.3) is 11.2 Å². The van der Waals surface area contributed by atoms with Crippen LogP contribution in [0, 0.1) is 4.77 Å². The topological polar surface area (TPSA) is 81.6 Å². The zero-order valence-corrected chi connectivity index (χ0v) is 10.7. The second-order valence-corrected chi connectivity index (χ2v) is 4.31. The van der Waals surface area contributed by atoms with Crippen molar-refractivity contribution in [3.63, 3.8) is 0 Å². The summed E-state index contributed by atoms with van der Waals surface area (Å²) in [6.07, 6.45) is 1.11. The van der Waals surface area contributed by atoms with Crippen molar-refractivity contribution in [2.24, 2.45) is 12.8 Å². The predicted octanol–water partition coefficient (Wildman–Crippen LogP) is 0.870. The number of primary amides is 1. The molecule has 3 N–H and O–H groups in total. The highest BCUT2D eigenvalue weighted by Crippen LogP contribution is 2.18. The van der Waals surface area contributed by atoms with Gasteiger partial charge in [0.05, 0.1) is 5.69 Å². The summed E-state index contributed by atoms with van der Waals surface area (Å²) >= 11 is 5.24. The van der Waals surface area contributed by atoms with Gasteiger partial charge in [0.25, 0.3) is 0 Å². The van der Waals surface area contributed by atoms with Gasteiger partial charge < -0.3 is 15.3 Å². The zero-order chi connectivity index (χ0) is 12.6. The van der Waals surface area contributed by atoms with E-state index in [0.717, 1.165) is 23.3 Å². The molecule has 2 aromatic heterocycles. The monoisotopic (exact) mass is 253 g/mol. The van der Waals surface area contributed by atoms with Crippen LogP contribution >= 0.6 is 12.2 Å². The van der Waals surface area contributed by atoms with Crippen molar-refractivity contribution in [3.8, 4) is 0 Å². The first-order chi connectivity index (χ1) is 8.04. The van der Waals surface area contributed by atoms with Crippen molar-refractivity contribution in [3.05, 3.63) is 10.5 Å². The lowest BCUT2D eigenvalue weighted by molar-refractivity contribution is -0.118. The highest BCUT2D eigenvalue weighted by molar-refractivity contribution is 7.71. The van der Waals surface area contributed by atoms with Gasteiger partial charge in [-0.05, 0) is 18.6 Å². The first-order valence-electron chi connectivity index (χ1n) is 5.47. The van der Waals surface area contributed by atoms with Gasteiger partial charge in [-0.3, -0.25) is 9.48 Å². The highest BCUT2D eigenvalue weighted by Gasteiger charge is 2.14. The SMILES string of the molecule is CCc1nn(C)c2c1[nH]c(=S)n2CCC(N)=O. The number of nitrogens with one attached hydrogen (secondary N) is 1. The number of carbonyl (C=O) groups is 1. The zero-order valence-electron chi connectivity index (χ0n) is 9.86. The molecule has 0 radical (unpaired) electrons. The molecular weight excluding hydrogens is 238 g/mol. The van der Waals surface area contributed by atoms with E-state index in [9.17, 15) is 4.79 Å². The van der Waals surface area contributed by atoms with Gasteiger partial charge in [0, 0.05) is 20.0 Å². The van der Waals surface area contributed by atoms with Gasteiger partial charge in [-0.25, -0.2) is 0 Å². The van der Waals surface area contributed by atoms with E-state index in [1.54, 1.807) is 4.68 Å². The van der Waals surface area contributed by atoms with Crippen LogP contribution in [0.3, 0.4) is 0 Å². The fraction of sp³-hybridized carbons (Fsp3) is 0.500. The molecule has 2 aromatic rings. The van der Waals surface area contributed by atoms with E-state index in [2.05, 4.69) is 10.1 Å². The molecule has 2 rings (SSSR count). The van der Waals surface area contributed by atoms with Crippen molar-refractivity contribution in [2.75, 3.05) is 0 Å². The van der Waals surface area contributed by atoms with Gasteiger partial charge in [0.2, 0.25) is 5.91 Å². The number of hydrogen-bond acceptors (Lipinski definition) is 3. The Bertz CT molecular complexity index is 620. The Balaban J connectivity index is 2.54. The molecule has 0 unspecified atom stereocenters. The lowest BCUT2D eigenvalue weighted by atomic mass is 10.3. The second kappa shape index (κ2) is 4.33. The molecule has 17 heavy (non-hydrogen) atoms. The number of amides is 1. The molecule has 0 aliphatic carbocycles. The van der Waals surface area contributed by atoms with E-state index >= 15 is 0 Å². The Labute approximate surface area is 103 Å². The number of aryl methyl sites for hydroxylation is 3. The Morgan fingerprint density at radius 1 is 1.59 bits per heavy atom. The highest BCUT2D eigenvalue weighted by atomic mass is 32.1. The molecule has 0 aliphatic rings. The van der Waals surface area contributed by atoms with E-state index in [4.69, 9.17) is 18.0 Å². The second-order valence-electron chi connectivity index (χ2n) is 3.92. The van der Waals surface area contributed by atoms with Crippen LogP contribution in [0.4, 0.5) is 0 Å². The van der Waals surface area contributed by atoms with Crippen molar-refractivity contribution in [1.82, 2.24) is 19.3 Å². The third kappa shape index (κ3) is 1.97. The maximum Gasteiger partial charge on any atom is 0.219 e. The van der Waals surface area contributed by atoms with E-state index < -0.39 is 0 Å². The van der Waals surface area contributed by atoms with Crippen LogP contribution in [0.1, 0.15) is 19.0 Å². The number of nitrogens with two attached hydrogens (primary N) is 1. The number of carbonyl (C=O) groups excluding carboxylic acids is 1. The largest absolute Gasteiger partial charge is 0.370 e. The number of rotatable bonds is 4. The lowest BCUT2D eigenvalue weighted by Gasteiger charge is -2.02. The van der Waals surface area contributed by atoms with Gasteiger partial charge in [-0.2, -0.15) is 5.10 Å². The van der Waals surface area contributed by atoms with Gasteiger partial charge in [-0.1, -0.05) is 6.92 Å². The number of aromatic amines is 1. The molecule has 0 spiro atoms. The fourth-order valence-corrected chi connectivity index (χ4v) is 2.23. The Kier molecular flexibility index (Phi) is 3.01. The average molecular weight is 253 g/mol. The molecule has 0 saturated carbocycles. The first kappa shape index (κ1) is 11.8. The average Bonchev–Trinajstić information content (AvgIpc) is 2.73. The van der Waals surface area contributed by atoms with E-state index in [1.807, 2.05) is 18.5 Å². The Morgan fingerprint density at radius 2 is 2.29 bits per heavy atom. The minimum Gasteiger partial charge on any atom is -0.370 e. The quantitative estimate of drug-likeness (QED) is 0.793. The number of H-pyrrole nitrogens is 1. The van der Waals surface area contributed by atoms with Crippen LogP contribution in [-0.2, 0) is 24.8 Å². The summed E-state index contributed by atoms with van der Waals surface area (Å²) in [6, 6.07) is 0. The molecule has 0 fully saturated rings. The molecule has 0 saturated heterocycles. The van der Waals surface area contributed by atoms with Gasteiger partial charge in [-0.15, -0.1) is 0 Å². The normalized spacial score (nSPS) is 11.2. The summed E-state index contributed by atoms with van der Waals surface area (Å²) in [5.41, 5.74) is 7.99. The summed E-state index contributed by atoms with van der Waals surface area (Å²) < 4.78 is 4.24. The molecule has 7 heteroatoms. The minimum absolute atomic E-state index is 0.272. The predicted molar refractivity (Wildman–Crippen MR) is 67.1 cm³/mol. The van der Waals surface area contributed by atoms with E-state index in [1.165, 1.54) is 0 Å². The first-order valence-corrected chi connectivity index (χ1v) is 5.88. The van der Waals surface area contributed by atoms with E-state index in [-0.39, 0.29) is 12.3 Å². The minimum atomic E-state index is -0.334. The number of nitrogens with zero attached hydrogens (tertiary/aromatic N) is 3. The number of hydrogen-bond donors (Lipinski definition) is 2. The summed E-state index contributed by atoms with van der Waals surface area (Å²) in [7, 11) is 1.87. The molecule has 0 aliphatic heterocycles. The third-order valence-corrected chi connectivity index (χ3v) is 3.06. The van der Waals surface area contributed by atoms with Gasteiger partial charge in [0.1, 0.15) is 5.52 Å². The van der Waals surface area contributed by atoms with Crippen molar-refractivity contribution < 1.29 is 4.79 Å².